The highest BCUT2D eigenvalue weighted by Crippen LogP contribution is 2.51. The molecule has 1 saturated carbocycles. The normalized spacial score (nSPS) is 15.8. The smallest absolute Gasteiger partial charge is 0.231 e. The Hall–Kier alpha value is -3.16. The highest BCUT2D eigenvalue weighted by Gasteiger charge is 2.50. The summed E-state index contributed by atoms with van der Waals surface area (Å²) in [5.41, 5.74) is 5.69. The number of carbonyl (C=O) groups is 1. The number of rotatable bonds is 9. The van der Waals surface area contributed by atoms with E-state index in [0.717, 1.165) is 52.0 Å². The van der Waals surface area contributed by atoms with Crippen LogP contribution < -0.4 is 14.2 Å². The molecule has 0 aromatic heterocycles. The number of sulfonamides is 1. The fourth-order valence-corrected chi connectivity index (χ4v) is 5.35. The van der Waals surface area contributed by atoms with Gasteiger partial charge in [-0.25, -0.2) is 13.1 Å². The average Bonchev–Trinajstić information content (AvgIpc) is 3.55. The molecule has 1 aliphatic carbocycles. The summed E-state index contributed by atoms with van der Waals surface area (Å²) in [4.78, 5) is 13.4. The van der Waals surface area contributed by atoms with Crippen molar-refractivity contribution in [1.29, 1.82) is 0 Å². The topological polar surface area (TPSA) is 81.7 Å². The molecule has 1 fully saturated rings. The standard InChI is InChI=1S/C29H31NO5S/c1-19(2)36(32,33)30-17-21-6-8-23(9-7-21)25-14-22(5-4-20(25)3)15-28(31)29(12-13-29)24-10-11-26-27(16-24)35-18-34-26/h4-11,14,16,19,30H,12-13,15,17-18H2,1-3H3. The molecule has 0 spiro atoms. The van der Waals surface area contributed by atoms with Crippen LogP contribution in [0.2, 0.25) is 0 Å². The lowest BCUT2D eigenvalue weighted by molar-refractivity contribution is -0.120. The van der Waals surface area contributed by atoms with Crippen LogP contribution in [0.5, 0.6) is 11.5 Å². The molecular formula is C29H31NO5S. The largest absolute Gasteiger partial charge is 0.454 e. The van der Waals surface area contributed by atoms with Gasteiger partial charge in [-0.3, -0.25) is 4.79 Å². The van der Waals surface area contributed by atoms with Crippen LogP contribution in [0, 0.1) is 6.92 Å². The van der Waals surface area contributed by atoms with Crippen LogP contribution in [-0.2, 0) is 33.2 Å². The van der Waals surface area contributed by atoms with Crippen LogP contribution in [0.25, 0.3) is 11.1 Å². The van der Waals surface area contributed by atoms with Gasteiger partial charge in [0, 0.05) is 13.0 Å². The van der Waals surface area contributed by atoms with E-state index in [1.54, 1.807) is 13.8 Å². The number of hydrogen-bond acceptors (Lipinski definition) is 5. The van der Waals surface area contributed by atoms with E-state index >= 15 is 0 Å². The second-order valence-electron chi connectivity index (χ2n) is 10.0. The highest BCUT2D eigenvalue weighted by atomic mass is 32.2. The molecule has 0 amide bonds. The van der Waals surface area contributed by atoms with Gasteiger partial charge in [-0.2, -0.15) is 0 Å². The van der Waals surface area contributed by atoms with Gasteiger partial charge in [0.05, 0.1) is 10.7 Å². The lowest BCUT2D eigenvalue weighted by Gasteiger charge is -2.16. The maximum Gasteiger partial charge on any atom is 0.231 e. The monoisotopic (exact) mass is 505 g/mol. The van der Waals surface area contributed by atoms with Gasteiger partial charge in [0.1, 0.15) is 5.78 Å². The SMILES string of the molecule is Cc1ccc(CC(=O)C2(c3ccc4c(c3)OCO4)CC2)cc1-c1ccc(CNS(=O)(=O)C(C)C)cc1. The molecule has 1 N–H and O–H groups in total. The molecule has 3 aromatic rings. The summed E-state index contributed by atoms with van der Waals surface area (Å²) in [6.45, 7) is 5.86. The van der Waals surface area contributed by atoms with E-state index in [1.165, 1.54) is 0 Å². The van der Waals surface area contributed by atoms with Crippen LogP contribution in [-0.4, -0.2) is 26.2 Å². The van der Waals surface area contributed by atoms with Crippen molar-refractivity contribution in [2.45, 2.75) is 57.2 Å². The Morgan fingerprint density at radius 3 is 2.33 bits per heavy atom. The van der Waals surface area contributed by atoms with E-state index in [0.29, 0.717) is 12.2 Å². The van der Waals surface area contributed by atoms with Crippen LogP contribution in [0.4, 0.5) is 0 Å². The molecule has 6 nitrogen and oxygen atoms in total. The molecule has 7 heteroatoms. The van der Waals surface area contributed by atoms with Crippen LogP contribution in [0.3, 0.4) is 0 Å². The summed E-state index contributed by atoms with van der Waals surface area (Å²) in [5, 5.41) is -0.468. The van der Waals surface area contributed by atoms with Gasteiger partial charge in [0.25, 0.3) is 0 Å². The highest BCUT2D eigenvalue weighted by molar-refractivity contribution is 7.90. The van der Waals surface area contributed by atoms with Gasteiger partial charge in [0.15, 0.2) is 11.5 Å². The minimum absolute atomic E-state index is 0.223. The molecule has 2 aliphatic rings. The van der Waals surface area contributed by atoms with Crippen molar-refractivity contribution in [2.75, 3.05) is 6.79 Å². The third-order valence-corrected chi connectivity index (χ3v) is 9.03. The first kappa shape index (κ1) is 24.5. The first-order chi connectivity index (χ1) is 17.2. The van der Waals surface area contributed by atoms with Crippen molar-refractivity contribution < 1.29 is 22.7 Å². The summed E-state index contributed by atoms with van der Waals surface area (Å²) < 4.78 is 37.6. The van der Waals surface area contributed by atoms with E-state index in [1.807, 2.05) is 48.5 Å². The lowest BCUT2D eigenvalue weighted by Crippen LogP contribution is -2.30. The predicted octanol–water partition coefficient (Wildman–Crippen LogP) is 5.06. The maximum atomic E-state index is 13.4. The van der Waals surface area contributed by atoms with Gasteiger partial charge < -0.3 is 9.47 Å². The van der Waals surface area contributed by atoms with E-state index in [-0.39, 0.29) is 19.1 Å². The van der Waals surface area contributed by atoms with Crippen LogP contribution in [0.15, 0.2) is 60.7 Å². The predicted molar refractivity (Wildman–Crippen MR) is 140 cm³/mol. The Morgan fingerprint density at radius 1 is 0.944 bits per heavy atom. The molecule has 0 saturated heterocycles. The second kappa shape index (κ2) is 9.37. The molecule has 1 heterocycles. The zero-order chi connectivity index (χ0) is 25.5. The number of fused-ring (bicyclic) bond motifs is 1. The number of ketones is 1. The molecule has 5 rings (SSSR count). The average molecular weight is 506 g/mol. The van der Waals surface area contributed by atoms with Gasteiger partial charge in [0.2, 0.25) is 16.8 Å². The molecule has 0 atom stereocenters. The Kier molecular flexibility index (Phi) is 6.39. The third-order valence-electron chi connectivity index (χ3n) is 7.24. The zero-order valence-electron chi connectivity index (χ0n) is 20.8. The van der Waals surface area contributed by atoms with E-state index in [9.17, 15) is 13.2 Å². The van der Waals surface area contributed by atoms with Gasteiger partial charge in [-0.1, -0.05) is 48.5 Å². The first-order valence-electron chi connectivity index (χ1n) is 12.3. The van der Waals surface area contributed by atoms with Crippen molar-refractivity contribution in [3.05, 3.63) is 82.9 Å². The number of benzene rings is 3. The van der Waals surface area contributed by atoms with Gasteiger partial charge in [-0.05, 0) is 79.1 Å². The maximum absolute atomic E-state index is 13.4. The summed E-state index contributed by atoms with van der Waals surface area (Å²) in [7, 11) is -3.31. The van der Waals surface area contributed by atoms with Crippen LogP contribution in [0.1, 0.15) is 48.9 Å². The number of Topliss-reactive ketones (excluding diaryl/α,β-unsaturated/α-hetero) is 1. The Bertz CT molecular complexity index is 1410. The number of ether oxygens (including phenoxy) is 2. The number of carbonyl (C=O) groups excluding carboxylic acids is 1. The molecular weight excluding hydrogens is 474 g/mol. The lowest BCUT2D eigenvalue weighted by atomic mass is 9.87. The molecule has 3 aromatic carbocycles. The second-order valence-corrected chi connectivity index (χ2v) is 12.3. The number of hydrogen-bond donors (Lipinski definition) is 1. The van der Waals surface area contributed by atoms with Crippen molar-refractivity contribution in [1.82, 2.24) is 4.72 Å². The van der Waals surface area contributed by atoms with E-state index in [4.69, 9.17) is 9.47 Å². The molecule has 36 heavy (non-hydrogen) atoms. The number of aryl methyl sites for hydroxylation is 1. The van der Waals surface area contributed by atoms with E-state index in [2.05, 4.69) is 23.8 Å². The summed E-state index contributed by atoms with van der Waals surface area (Å²) in [6.07, 6.45) is 2.08. The quantitative estimate of drug-likeness (QED) is 0.440. The molecule has 0 bridgehead atoms. The molecule has 188 valence electrons. The summed E-state index contributed by atoms with van der Waals surface area (Å²) >= 11 is 0. The Labute approximate surface area is 212 Å². The Balaban J connectivity index is 1.31. The first-order valence-corrected chi connectivity index (χ1v) is 13.8. The fraction of sp³-hybridized carbons (Fsp3) is 0.345. The molecule has 1 aliphatic heterocycles. The van der Waals surface area contributed by atoms with E-state index < -0.39 is 20.7 Å². The number of nitrogens with one attached hydrogen (secondary N) is 1. The van der Waals surface area contributed by atoms with Crippen molar-refractivity contribution >= 4 is 15.8 Å². The summed E-state index contributed by atoms with van der Waals surface area (Å²) in [5.74, 6) is 1.67. The summed E-state index contributed by atoms with van der Waals surface area (Å²) in [6, 6.07) is 19.9. The minimum atomic E-state index is -3.31. The minimum Gasteiger partial charge on any atom is -0.454 e. The van der Waals surface area contributed by atoms with Gasteiger partial charge in [-0.15, -0.1) is 0 Å². The third kappa shape index (κ3) is 4.77. The van der Waals surface area contributed by atoms with Gasteiger partial charge >= 0.3 is 0 Å². The van der Waals surface area contributed by atoms with Crippen molar-refractivity contribution in [3.8, 4) is 22.6 Å². The van der Waals surface area contributed by atoms with Crippen molar-refractivity contribution in [2.24, 2.45) is 0 Å². The Morgan fingerprint density at radius 2 is 1.64 bits per heavy atom. The van der Waals surface area contributed by atoms with Crippen LogP contribution >= 0.6 is 0 Å². The van der Waals surface area contributed by atoms with Crippen molar-refractivity contribution in [3.63, 3.8) is 0 Å². The molecule has 0 unspecified atom stereocenters. The molecule has 0 radical (unpaired) electrons. The fourth-order valence-electron chi connectivity index (χ4n) is 4.65. The zero-order valence-corrected chi connectivity index (χ0v) is 21.7.